The van der Waals surface area contributed by atoms with Gasteiger partial charge in [0.2, 0.25) is 0 Å². The molecular weight excluding hydrogens is 611 g/mol. The first-order valence-electron chi connectivity index (χ1n) is 17.6. The van der Waals surface area contributed by atoms with Gasteiger partial charge in [-0.05, 0) is 93.1 Å². The first kappa shape index (κ1) is 33.0. The van der Waals surface area contributed by atoms with Gasteiger partial charge in [0.25, 0.3) is 0 Å². The lowest BCUT2D eigenvalue weighted by atomic mass is 9.83. The minimum absolute atomic E-state index is 0.0988. The topological polar surface area (TPSA) is 50.9 Å². The third-order valence-corrected chi connectivity index (χ3v) is 9.67. The number of phenols is 1. The highest BCUT2D eigenvalue weighted by atomic mass is 16.3. The van der Waals surface area contributed by atoms with E-state index in [0.29, 0.717) is 5.56 Å². The van der Waals surface area contributed by atoms with Crippen LogP contribution < -0.4 is 0 Å². The van der Waals surface area contributed by atoms with Crippen molar-refractivity contribution >= 4 is 11.0 Å². The van der Waals surface area contributed by atoms with Crippen LogP contribution in [-0.2, 0) is 5.41 Å². The normalized spacial score (nSPS) is 11.9. The molecule has 0 bridgehead atoms. The van der Waals surface area contributed by atoms with Crippen molar-refractivity contribution in [2.45, 2.75) is 65.7 Å². The monoisotopic (exact) mass is 655 g/mol. The van der Waals surface area contributed by atoms with Crippen LogP contribution in [0.15, 0.2) is 128 Å². The quantitative estimate of drug-likeness (QED) is 0.186. The number of hydrogen-bond acceptors (Lipinski definition) is 3. The Balaban J connectivity index is 1.52. The van der Waals surface area contributed by atoms with E-state index in [2.05, 4.69) is 144 Å². The van der Waals surface area contributed by atoms with E-state index in [0.717, 1.165) is 56.1 Å². The zero-order chi connectivity index (χ0) is 35.2. The van der Waals surface area contributed by atoms with Crippen LogP contribution >= 0.6 is 0 Å². The largest absolute Gasteiger partial charge is 0.507 e. The molecule has 1 N–H and O–H groups in total. The lowest BCUT2D eigenvalue weighted by molar-refractivity contribution is 0.477. The lowest BCUT2D eigenvalue weighted by Crippen LogP contribution is -2.11. The molecule has 7 rings (SSSR count). The Kier molecular flexibility index (Phi) is 8.65. The van der Waals surface area contributed by atoms with Gasteiger partial charge in [-0.1, -0.05) is 127 Å². The summed E-state index contributed by atoms with van der Waals surface area (Å²) in [5.41, 5.74) is 13.8. The second-order valence-electron chi connectivity index (χ2n) is 14.9. The van der Waals surface area contributed by atoms with Gasteiger partial charge in [0.15, 0.2) is 0 Å². The van der Waals surface area contributed by atoms with Crippen molar-refractivity contribution in [3.8, 4) is 56.3 Å². The van der Waals surface area contributed by atoms with Gasteiger partial charge in [0.05, 0.1) is 28.0 Å². The smallest absolute Gasteiger partial charge is 0.149 e. The van der Waals surface area contributed by atoms with Gasteiger partial charge in [-0.25, -0.2) is 4.98 Å². The Morgan fingerprint density at radius 2 is 1.24 bits per heavy atom. The van der Waals surface area contributed by atoms with Crippen molar-refractivity contribution in [3.63, 3.8) is 0 Å². The summed E-state index contributed by atoms with van der Waals surface area (Å²) >= 11 is 0. The van der Waals surface area contributed by atoms with Crippen LogP contribution in [0, 0.1) is 0 Å². The van der Waals surface area contributed by atoms with Crippen molar-refractivity contribution in [1.29, 1.82) is 0 Å². The van der Waals surface area contributed by atoms with E-state index in [1.165, 1.54) is 16.7 Å². The van der Waals surface area contributed by atoms with Crippen LogP contribution in [0.25, 0.3) is 61.6 Å². The fourth-order valence-electron chi connectivity index (χ4n) is 6.93. The summed E-state index contributed by atoms with van der Waals surface area (Å²) in [6.07, 6.45) is 1.90. The van der Waals surface area contributed by atoms with E-state index in [1.54, 1.807) is 6.07 Å². The van der Waals surface area contributed by atoms with Crippen molar-refractivity contribution in [1.82, 2.24) is 14.5 Å². The maximum absolute atomic E-state index is 11.2. The Morgan fingerprint density at radius 1 is 0.600 bits per heavy atom. The zero-order valence-electron chi connectivity index (χ0n) is 30.1. The molecule has 2 heterocycles. The fraction of sp³-hybridized carbons (Fsp3) is 0.217. The molecule has 7 aromatic rings. The summed E-state index contributed by atoms with van der Waals surface area (Å²) in [5.74, 6) is 1.50. The van der Waals surface area contributed by atoms with E-state index < -0.39 is 0 Å². The standard InChI is InChI=1S/C46H45N3O/c1-29(2)36-18-13-19-37(30(3)4)44(36)49-41-21-14-20-38(43(41)48-45(49)39-17-11-12-22-42(39)50)33-25-34(27-35(26-33)46(5,6)7)40-28-32(23-24-47-40)31-15-9-8-10-16-31/h8-30,50H,1-7H3. The van der Waals surface area contributed by atoms with Crippen LogP contribution in [0.3, 0.4) is 0 Å². The molecule has 0 saturated heterocycles. The van der Waals surface area contributed by atoms with Crippen molar-refractivity contribution in [2.75, 3.05) is 0 Å². The van der Waals surface area contributed by atoms with E-state index >= 15 is 0 Å². The second-order valence-corrected chi connectivity index (χ2v) is 14.9. The predicted octanol–water partition coefficient (Wildman–Crippen LogP) is 12.3. The van der Waals surface area contributed by atoms with Crippen LogP contribution in [0.2, 0.25) is 0 Å². The molecule has 0 amide bonds. The highest BCUT2D eigenvalue weighted by molar-refractivity contribution is 5.97. The molecule has 0 unspecified atom stereocenters. The molecule has 0 saturated carbocycles. The summed E-state index contributed by atoms with van der Waals surface area (Å²) in [4.78, 5) is 10.3. The molecule has 0 radical (unpaired) electrons. The average molecular weight is 656 g/mol. The van der Waals surface area contributed by atoms with Gasteiger partial charge in [-0.2, -0.15) is 0 Å². The van der Waals surface area contributed by atoms with Gasteiger partial charge in [-0.15, -0.1) is 0 Å². The minimum Gasteiger partial charge on any atom is -0.507 e. The number of rotatable bonds is 7. The molecule has 0 fully saturated rings. The van der Waals surface area contributed by atoms with Gasteiger partial charge in [0, 0.05) is 17.3 Å². The molecule has 0 aliphatic heterocycles. The molecule has 5 aromatic carbocycles. The first-order valence-corrected chi connectivity index (χ1v) is 17.6. The molecular formula is C46H45N3O. The molecule has 0 spiro atoms. The fourth-order valence-corrected chi connectivity index (χ4v) is 6.93. The third-order valence-electron chi connectivity index (χ3n) is 9.67. The SMILES string of the molecule is CC(C)c1cccc(C(C)C)c1-n1c(-c2ccccc2O)nc2c(-c3cc(-c4cc(-c5ccccc5)ccn4)cc(C(C)(C)C)c3)cccc21. The number of nitrogens with zero attached hydrogens (tertiary/aromatic N) is 3. The Hall–Kier alpha value is -5.48. The van der Waals surface area contributed by atoms with Crippen LogP contribution in [0.4, 0.5) is 0 Å². The van der Waals surface area contributed by atoms with Crippen LogP contribution in [0.5, 0.6) is 5.75 Å². The van der Waals surface area contributed by atoms with Crippen molar-refractivity contribution in [2.24, 2.45) is 0 Å². The predicted molar refractivity (Wildman–Crippen MR) is 209 cm³/mol. The number of aromatic nitrogens is 3. The molecule has 0 aliphatic rings. The minimum atomic E-state index is -0.0988. The summed E-state index contributed by atoms with van der Waals surface area (Å²) in [7, 11) is 0. The second kappa shape index (κ2) is 13.1. The maximum atomic E-state index is 11.2. The number of hydrogen-bond donors (Lipinski definition) is 1. The summed E-state index contributed by atoms with van der Waals surface area (Å²) in [6, 6.07) is 42.2. The van der Waals surface area contributed by atoms with Gasteiger partial charge < -0.3 is 5.11 Å². The Morgan fingerprint density at radius 3 is 1.92 bits per heavy atom. The number of para-hydroxylation sites is 3. The molecule has 250 valence electrons. The molecule has 4 heteroatoms. The molecule has 4 nitrogen and oxygen atoms in total. The number of benzene rings is 5. The van der Waals surface area contributed by atoms with Crippen LogP contribution in [-0.4, -0.2) is 19.6 Å². The third kappa shape index (κ3) is 6.11. The average Bonchev–Trinajstić information content (AvgIpc) is 3.50. The van der Waals surface area contributed by atoms with Crippen molar-refractivity contribution < 1.29 is 5.11 Å². The van der Waals surface area contributed by atoms with Crippen molar-refractivity contribution in [3.05, 3.63) is 144 Å². The number of phenolic OH excluding ortho intramolecular Hbond substituents is 1. The summed E-state index contributed by atoms with van der Waals surface area (Å²) in [5, 5.41) is 11.2. The summed E-state index contributed by atoms with van der Waals surface area (Å²) < 4.78 is 2.29. The lowest BCUT2D eigenvalue weighted by Gasteiger charge is -2.23. The Bertz CT molecular complexity index is 2300. The summed E-state index contributed by atoms with van der Waals surface area (Å²) in [6.45, 7) is 15.7. The van der Waals surface area contributed by atoms with Gasteiger partial charge in [-0.3, -0.25) is 9.55 Å². The first-order chi connectivity index (χ1) is 24.0. The zero-order valence-corrected chi connectivity index (χ0v) is 30.1. The molecule has 0 aliphatic carbocycles. The van der Waals surface area contributed by atoms with E-state index in [1.807, 2.05) is 30.5 Å². The van der Waals surface area contributed by atoms with Gasteiger partial charge in [0.1, 0.15) is 11.6 Å². The van der Waals surface area contributed by atoms with E-state index in [4.69, 9.17) is 9.97 Å². The highest BCUT2D eigenvalue weighted by Crippen LogP contribution is 2.42. The molecule has 2 aromatic heterocycles. The number of imidazole rings is 1. The number of fused-ring (bicyclic) bond motifs is 1. The number of pyridine rings is 1. The number of aromatic hydroxyl groups is 1. The van der Waals surface area contributed by atoms with Crippen LogP contribution in [0.1, 0.15) is 77.0 Å². The Labute approximate surface area is 296 Å². The van der Waals surface area contributed by atoms with E-state index in [9.17, 15) is 5.11 Å². The maximum Gasteiger partial charge on any atom is 0.149 e. The molecule has 0 atom stereocenters. The van der Waals surface area contributed by atoms with Gasteiger partial charge >= 0.3 is 0 Å². The molecule has 50 heavy (non-hydrogen) atoms. The highest BCUT2D eigenvalue weighted by Gasteiger charge is 2.25. The van der Waals surface area contributed by atoms with E-state index in [-0.39, 0.29) is 23.0 Å².